The molecule has 3 aromatic carbocycles. The molecular formula is C26H23N3O5. The van der Waals surface area contributed by atoms with E-state index < -0.39 is 23.4 Å². The Hall–Kier alpha value is -4.33. The van der Waals surface area contributed by atoms with Crippen molar-refractivity contribution in [1.82, 2.24) is 15.5 Å². The van der Waals surface area contributed by atoms with Gasteiger partial charge in [0.05, 0.1) is 0 Å². The number of benzene rings is 3. The summed E-state index contributed by atoms with van der Waals surface area (Å²) in [5.74, 6) is 0.384. The second kappa shape index (κ2) is 8.90. The fourth-order valence-electron chi connectivity index (χ4n) is 4.26. The Kier molecular flexibility index (Phi) is 5.63. The van der Waals surface area contributed by atoms with E-state index in [9.17, 15) is 14.4 Å². The summed E-state index contributed by atoms with van der Waals surface area (Å²) >= 11 is 0. The van der Waals surface area contributed by atoms with Gasteiger partial charge in [0.2, 0.25) is 12.7 Å². The Balaban J connectivity index is 1.32. The lowest BCUT2D eigenvalue weighted by Gasteiger charge is -2.27. The van der Waals surface area contributed by atoms with Gasteiger partial charge in [0.1, 0.15) is 6.54 Å². The summed E-state index contributed by atoms with van der Waals surface area (Å²) in [5, 5.41) is 5.63. The summed E-state index contributed by atoms with van der Waals surface area (Å²) in [5.41, 5.74) is 1.10. The molecule has 0 spiro atoms. The van der Waals surface area contributed by atoms with Gasteiger partial charge in [-0.15, -0.1) is 0 Å². The van der Waals surface area contributed by atoms with Crippen molar-refractivity contribution in [3.8, 4) is 11.5 Å². The Morgan fingerprint density at radius 2 is 1.62 bits per heavy atom. The highest BCUT2D eigenvalue weighted by atomic mass is 16.7. The third-order valence-corrected chi connectivity index (χ3v) is 5.98. The van der Waals surface area contributed by atoms with Crippen LogP contribution in [0.4, 0.5) is 4.79 Å². The van der Waals surface area contributed by atoms with Crippen LogP contribution in [0.2, 0.25) is 0 Å². The van der Waals surface area contributed by atoms with Crippen molar-refractivity contribution < 1.29 is 23.9 Å². The van der Waals surface area contributed by atoms with Gasteiger partial charge in [-0.3, -0.25) is 14.5 Å². The molecular weight excluding hydrogens is 434 g/mol. The number of nitrogens with zero attached hydrogens (tertiary/aromatic N) is 1. The predicted molar refractivity (Wildman–Crippen MR) is 123 cm³/mol. The summed E-state index contributed by atoms with van der Waals surface area (Å²) in [6.07, 6.45) is 0.276. The molecule has 0 saturated carbocycles. The van der Waals surface area contributed by atoms with E-state index in [1.165, 1.54) is 0 Å². The molecule has 8 nitrogen and oxygen atoms in total. The molecule has 2 N–H and O–H groups in total. The van der Waals surface area contributed by atoms with Crippen LogP contribution in [0.3, 0.4) is 0 Å². The third-order valence-electron chi connectivity index (χ3n) is 5.98. The number of carbonyl (C=O) groups is 3. The normalized spacial score (nSPS) is 18.6. The van der Waals surface area contributed by atoms with Gasteiger partial charge < -0.3 is 20.1 Å². The van der Waals surface area contributed by atoms with Gasteiger partial charge in [0.15, 0.2) is 17.0 Å². The van der Waals surface area contributed by atoms with Gasteiger partial charge in [0.25, 0.3) is 5.91 Å². The number of imide groups is 1. The number of amides is 4. The Bertz CT molecular complexity index is 1230. The van der Waals surface area contributed by atoms with Crippen molar-refractivity contribution in [1.29, 1.82) is 0 Å². The van der Waals surface area contributed by atoms with Crippen LogP contribution in [-0.2, 0) is 28.1 Å². The zero-order valence-electron chi connectivity index (χ0n) is 18.3. The first-order chi connectivity index (χ1) is 16.5. The van der Waals surface area contributed by atoms with Crippen molar-refractivity contribution in [2.24, 2.45) is 0 Å². The third kappa shape index (κ3) is 4.05. The van der Waals surface area contributed by atoms with Gasteiger partial charge in [0, 0.05) is 13.0 Å². The standard InChI is InChI=1S/C26H23N3O5/c30-23(27-15-19-11-12-21-22(13-19)34-17-33-21)16-29-24(31)26(28-25(29)32,20-9-5-2-6-10-20)14-18-7-3-1-4-8-18/h1-13H,14-17H2,(H,27,30)(H,28,32)/t26-/m0/s1. The molecule has 2 aliphatic heterocycles. The fourth-order valence-corrected chi connectivity index (χ4v) is 4.26. The van der Waals surface area contributed by atoms with Crippen molar-refractivity contribution in [2.45, 2.75) is 18.5 Å². The number of hydrogen-bond acceptors (Lipinski definition) is 5. The number of fused-ring (bicyclic) bond motifs is 1. The van der Waals surface area contributed by atoms with Crippen molar-refractivity contribution >= 4 is 17.8 Å². The van der Waals surface area contributed by atoms with Gasteiger partial charge >= 0.3 is 6.03 Å². The first-order valence-corrected chi connectivity index (χ1v) is 10.9. The largest absolute Gasteiger partial charge is 0.454 e. The monoisotopic (exact) mass is 457 g/mol. The smallest absolute Gasteiger partial charge is 0.325 e. The molecule has 4 amide bonds. The van der Waals surface area contributed by atoms with Crippen LogP contribution in [0.15, 0.2) is 78.9 Å². The first-order valence-electron chi connectivity index (χ1n) is 10.9. The highest BCUT2D eigenvalue weighted by Gasteiger charge is 2.52. The lowest BCUT2D eigenvalue weighted by molar-refractivity contribution is -0.135. The topological polar surface area (TPSA) is 97.0 Å². The molecule has 0 radical (unpaired) electrons. The van der Waals surface area contributed by atoms with E-state index >= 15 is 0 Å². The minimum Gasteiger partial charge on any atom is -0.454 e. The second-order valence-electron chi connectivity index (χ2n) is 8.22. The number of carbonyl (C=O) groups excluding carboxylic acids is 3. The summed E-state index contributed by atoms with van der Waals surface area (Å²) in [6, 6.07) is 23.4. The van der Waals surface area contributed by atoms with Gasteiger partial charge in [-0.1, -0.05) is 66.7 Å². The van der Waals surface area contributed by atoms with Gasteiger partial charge in [-0.2, -0.15) is 0 Å². The zero-order valence-corrected chi connectivity index (χ0v) is 18.3. The summed E-state index contributed by atoms with van der Waals surface area (Å²) in [7, 11) is 0. The van der Waals surface area contributed by atoms with E-state index in [1.807, 2.05) is 66.7 Å². The summed E-state index contributed by atoms with van der Waals surface area (Å²) < 4.78 is 10.6. The van der Waals surface area contributed by atoms with E-state index in [2.05, 4.69) is 10.6 Å². The number of hydrogen-bond donors (Lipinski definition) is 2. The van der Waals surface area contributed by atoms with E-state index in [1.54, 1.807) is 12.1 Å². The molecule has 0 unspecified atom stereocenters. The van der Waals surface area contributed by atoms with Crippen LogP contribution in [-0.4, -0.2) is 36.1 Å². The number of rotatable bonds is 7. The van der Waals surface area contributed by atoms with Gasteiger partial charge in [-0.05, 0) is 28.8 Å². The lowest BCUT2D eigenvalue weighted by atomic mass is 9.83. The zero-order chi connectivity index (χ0) is 23.5. The van der Waals surface area contributed by atoms with Crippen molar-refractivity contribution in [3.05, 3.63) is 95.6 Å². The maximum absolute atomic E-state index is 13.6. The minimum absolute atomic E-state index is 0.170. The molecule has 1 fully saturated rings. The molecule has 3 aromatic rings. The van der Waals surface area contributed by atoms with Crippen molar-refractivity contribution in [2.75, 3.05) is 13.3 Å². The molecule has 0 aromatic heterocycles. The van der Waals surface area contributed by atoms with Crippen LogP contribution < -0.4 is 20.1 Å². The molecule has 34 heavy (non-hydrogen) atoms. The number of urea groups is 1. The molecule has 2 heterocycles. The Labute approximate surface area is 196 Å². The summed E-state index contributed by atoms with van der Waals surface area (Å²) in [4.78, 5) is 40.1. The van der Waals surface area contributed by atoms with E-state index in [0.29, 0.717) is 17.1 Å². The Morgan fingerprint density at radius 1 is 0.912 bits per heavy atom. The molecule has 1 saturated heterocycles. The fraction of sp³-hybridized carbons (Fsp3) is 0.192. The van der Waals surface area contributed by atoms with E-state index in [4.69, 9.17) is 9.47 Å². The van der Waals surface area contributed by atoms with Crippen LogP contribution in [0, 0.1) is 0 Å². The molecule has 8 heteroatoms. The quantitative estimate of drug-likeness (QED) is 0.532. The van der Waals surface area contributed by atoms with E-state index in [0.717, 1.165) is 16.0 Å². The predicted octanol–water partition coefficient (Wildman–Crippen LogP) is 2.72. The minimum atomic E-state index is -1.28. The van der Waals surface area contributed by atoms with Crippen LogP contribution in [0.5, 0.6) is 11.5 Å². The maximum Gasteiger partial charge on any atom is 0.325 e. The highest BCUT2D eigenvalue weighted by molar-refractivity contribution is 6.09. The average Bonchev–Trinajstić information content (AvgIpc) is 3.42. The molecule has 0 bridgehead atoms. The lowest BCUT2D eigenvalue weighted by Crippen LogP contribution is -2.46. The highest BCUT2D eigenvalue weighted by Crippen LogP contribution is 2.34. The second-order valence-corrected chi connectivity index (χ2v) is 8.22. The maximum atomic E-state index is 13.6. The van der Waals surface area contributed by atoms with Crippen LogP contribution in [0.1, 0.15) is 16.7 Å². The number of nitrogens with one attached hydrogen (secondary N) is 2. The van der Waals surface area contributed by atoms with Gasteiger partial charge in [-0.25, -0.2) is 4.79 Å². The van der Waals surface area contributed by atoms with Crippen LogP contribution >= 0.6 is 0 Å². The summed E-state index contributed by atoms with van der Waals surface area (Å²) in [6.45, 7) is 0.0228. The first kappa shape index (κ1) is 21.5. The van der Waals surface area contributed by atoms with E-state index in [-0.39, 0.29) is 26.3 Å². The molecule has 2 aliphatic rings. The SMILES string of the molecule is O=C(CN1C(=O)N[C@@](Cc2ccccc2)(c2ccccc2)C1=O)NCc1ccc2c(c1)OCO2. The Morgan fingerprint density at radius 3 is 2.38 bits per heavy atom. The molecule has 0 aliphatic carbocycles. The average molecular weight is 457 g/mol. The van der Waals surface area contributed by atoms with Crippen LogP contribution in [0.25, 0.3) is 0 Å². The molecule has 172 valence electrons. The molecule has 1 atom stereocenters. The number of ether oxygens (including phenoxy) is 2. The van der Waals surface area contributed by atoms with Crippen molar-refractivity contribution in [3.63, 3.8) is 0 Å². The molecule has 5 rings (SSSR count).